The van der Waals surface area contributed by atoms with E-state index in [0.29, 0.717) is 46.9 Å². The van der Waals surface area contributed by atoms with Crippen molar-refractivity contribution in [3.05, 3.63) is 106 Å². The van der Waals surface area contributed by atoms with Crippen LogP contribution in [-0.2, 0) is 13.0 Å². The highest BCUT2D eigenvalue weighted by Crippen LogP contribution is 2.30. The fourth-order valence-electron chi connectivity index (χ4n) is 3.77. The smallest absolute Gasteiger partial charge is 0.260 e. The summed E-state index contributed by atoms with van der Waals surface area (Å²) in [4.78, 5) is 45.8. The van der Waals surface area contributed by atoms with Gasteiger partial charge in [-0.1, -0.05) is 59.9 Å². The number of hydrogen-bond acceptors (Lipinski definition) is 6. The summed E-state index contributed by atoms with van der Waals surface area (Å²) in [5, 5.41) is 3.27. The molecule has 0 saturated carbocycles. The van der Waals surface area contributed by atoms with Crippen LogP contribution in [-0.4, -0.2) is 34.0 Å². The quantitative estimate of drug-likeness (QED) is 0.448. The Morgan fingerprint density at radius 3 is 2.45 bits per heavy atom. The van der Waals surface area contributed by atoms with Gasteiger partial charge in [0.1, 0.15) is 6.26 Å². The molecule has 7 nitrogen and oxygen atoms in total. The van der Waals surface area contributed by atoms with Gasteiger partial charge in [0.05, 0.1) is 29.6 Å². The van der Waals surface area contributed by atoms with E-state index < -0.39 is 0 Å². The van der Waals surface area contributed by atoms with Crippen molar-refractivity contribution in [2.75, 3.05) is 11.9 Å². The molecule has 5 rings (SSSR count). The van der Waals surface area contributed by atoms with Gasteiger partial charge in [0.2, 0.25) is 0 Å². The van der Waals surface area contributed by atoms with E-state index in [4.69, 9.17) is 4.42 Å². The van der Waals surface area contributed by atoms with E-state index in [2.05, 4.69) is 10.3 Å². The van der Waals surface area contributed by atoms with Crippen molar-refractivity contribution in [2.24, 2.45) is 0 Å². The van der Waals surface area contributed by atoms with Crippen molar-refractivity contribution in [3.8, 4) is 0 Å². The molecule has 1 N–H and O–H groups in total. The van der Waals surface area contributed by atoms with Crippen molar-refractivity contribution in [1.29, 1.82) is 0 Å². The zero-order valence-electron chi connectivity index (χ0n) is 17.5. The summed E-state index contributed by atoms with van der Waals surface area (Å²) in [6.45, 7) is 0.861. The van der Waals surface area contributed by atoms with Crippen molar-refractivity contribution >= 4 is 34.1 Å². The van der Waals surface area contributed by atoms with Crippen LogP contribution in [0, 0.1) is 0 Å². The van der Waals surface area contributed by atoms with E-state index >= 15 is 0 Å². The minimum absolute atomic E-state index is 0.181. The largest absolute Gasteiger partial charge is 0.472 e. The number of thiazole rings is 1. The number of nitrogens with one attached hydrogen (secondary N) is 1. The maximum absolute atomic E-state index is 13.4. The third-order valence-corrected chi connectivity index (χ3v) is 6.46. The molecule has 1 aliphatic rings. The van der Waals surface area contributed by atoms with Gasteiger partial charge >= 0.3 is 0 Å². The molecule has 8 heteroatoms. The summed E-state index contributed by atoms with van der Waals surface area (Å²) in [7, 11) is 0. The van der Waals surface area contributed by atoms with Gasteiger partial charge < -0.3 is 9.32 Å². The van der Waals surface area contributed by atoms with Crippen LogP contribution in [0.1, 0.15) is 47.2 Å². The topological polar surface area (TPSA) is 92.5 Å². The Kier molecular flexibility index (Phi) is 5.58. The van der Waals surface area contributed by atoms with Gasteiger partial charge in [-0.3, -0.25) is 19.7 Å². The number of fused-ring (bicyclic) bond motifs is 1. The lowest BCUT2D eigenvalue weighted by Gasteiger charge is -2.26. The number of ketones is 1. The highest BCUT2D eigenvalue weighted by Gasteiger charge is 2.28. The minimum Gasteiger partial charge on any atom is -0.472 e. The second kappa shape index (κ2) is 8.84. The third kappa shape index (κ3) is 4.20. The summed E-state index contributed by atoms with van der Waals surface area (Å²) in [6.07, 6.45) is 3.39. The number of amides is 2. The van der Waals surface area contributed by atoms with E-state index in [0.717, 1.165) is 10.6 Å². The number of rotatable bonds is 5. The minimum atomic E-state index is -0.295. The van der Waals surface area contributed by atoms with Gasteiger partial charge in [-0.2, -0.15) is 0 Å². The summed E-state index contributed by atoms with van der Waals surface area (Å²) >= 11 is 1.35. The molecular weight excluding hydrogens is 438 g/mol. The van der Waals surface area contributed by atoms with E-state index in [1.807, 2.05) is 6.07 Å². The van der Waals surface area contributed by atoms with Crippen LogP contribution in [0.15, 0.2) is 77.6 Å². The lowest BCUT2D eigenvalue weighted by molar-refractivity contribution is 0.0732. The lowest BCUT2D eigenvalue weighted by Crippen LogP contribution is -2.36. The number of carbonyl (C=O) groups excluding carboxylic acids is 3. The van der Waals surface area contributed by atoms with Crippen molar-refractivity contribution < 1.29 is 18.8 Å². The third-order valence-electron chi connectivity index (χ3n) is 5.46. The summed E-state index contributed by atoms with van der Waals surface area (Å²) in [6, 6.07) is 17.4. The first-order valence-electron chi connectivity index (χ1n) is 10.4. The first-order chi connectivity index (χ1) is 16.1. The Morgan fingerprint density at radius 2 is 1.70 bits per heavy atom. The Hall–Kier alpha value is -4.04. The molecule has 1 aliphatic heterocycles. The Bertz CT molecular complexity index is 1330. The molecule has 0 spiro atoms. The zero-order valence-corrected chi connectivity index (χ0v) is 18.3. The molecule has 2 aromatic heterocycles. The van der Waals surface area contributed by atoms with Crippen LogP contribution < -0.4 is 5.32 Å². The first kappa shape index (κ1) is 20.8. The predicted octanol–water partition coefficient (Wildman–Crippen LogP) is 4.42. The molecule has 2 aromatic carbocycles. The van der Waals surface area contributed by atoms with E-state index in [1.165, 1.54) is 23.9 Å². The van der Waals surface area contributed by atoms with Gasteiger partial charge in [0.15, 0.2) is 10.9 Å². The fraction of sp³-hybridized carbons (Fsp3) is 0.120. The van der Waals surface area contributed by atoms with Crippen LogP contribution in [0.2, 0.25) is 0 Å². The Labute approximate surface area is 193 Å². The molecule has 0 unspecified atom stereocenters. The van der Waals surface area contributed by atoms with Gasteiger partial charge in [0.25, 0.3) is 11.8 Å². The second-order valence-electron chi connectivity index (χ2n) is 7.57. The van der Waals surface area contributed by atoms with Crippen LogP contribution in [0.5, 0.6) is 0 Å². The van der Waals surface area contributed by atoms with Crippen molar-refractivity contribution in [1.82, 2.24) is 9.88 Å². The summed E-state index contributed by atoms with van der Waals surface area (Å²) in [5.41, 5.74) is 2.60. The van der Waals surface area contributed by atoms with Crippen LogP contribution in [0.25, 0.3) is 0 Å². The molecule has 4 aromatic rings. The molecule has 164 valence electrons. The Balaban J connectivity index is 1.35. The molecular formula is C25H19N3O4S. The lowest BCUT2D eigenvalue weighted by atomic mass is 9.97. The average molecular weight is 458 g/mol. The monoisotopic (exact) mass is 457 g/mol. The van der Waals surface area contributed by atoms with E-state index in [9.17, 15) is 14.4 Å². The number of carbonyl (C=O) groups is 3. The SMILES string of the molecule is O=C(Nc1nc2c(s1)CN(C(=O)c1ccccc1C(=O)c1ccccc1)CC2)c1ccoc1. The van der Waals surface area contributed by atoms with Crippen LogP contribution in [0.3, 0.4) is 0 Å². The van der Waals surface area contributed by atoms with Gasteiger partial charge in [-0.05, 0) is 12.1 Å². The number of hydrogen-bond donors (Lipinski definition) is 1. The maximum Gasteiger partial charge on any atom is 0.260 e. The first-order valence-corrected chi connectivity index (χ1v) is 11.2. The second-order valence-corrected chi connectivity index (χ2v) is 8.66. The number of benzene rings is 2. The number of nitrogens with zero attached hydrogens (tertiary/aromatic N) is 2. The van der Waals surface area contributed by atoms with Crippen LogP contribution >= 0.6 is 11.3 Å². The maximum atomic E-state index is 13.4. The summed E-state index contributed by atoms with van der Waals surface area (Å²) < 4.78 is 4.95. The molecule has 0 radical (unpaired) electrons. The van der Waals surface area contributed by atoms with Gasteiger partial charge in [0, 0.05) is 29.0 Å². The fourth-order valence-corrected chi connectivity index (χ4v) is 4.79. The highest BCUT2D eigenvalue weighted by molar-refractivity contribution is 7.15. The number of furan rings is 1. The van der Waals surface area contributed by atoms with Gasteiger partial charge in [-0.15, -0.1) is 0 Å². The molecule has 2 amide bonds. The molecule has 33 heavy (non-hydrogen) atoms. The zero-order chi connectivity index (χ0) is 22.8. The van der Waals surface area contributed by atoms with E-state index in [-0.39, 0.29) is 17.6 Å². The van der Waals surface area contributed by atoms with Gasteiger partial charge in [-0.25, -0.2) is 4.98 Å². The van der Waals surface area contributed by atoms with E-state index in [1.54, 1.807) is 59.5 Å². The van der Waals surface area contributed by atoms with Crippen LogP contribution in [0.4, 0.5) is 5.13 Å². The summed E-state index contributed by atoms with van der Waals surface area (Å²) in [5.74, 6) is -0.673. The average Bonchev–Trinajstić information content (AvgIpc) is 3.53. The standard InChI is InChI=1S/C25H19N3O4S/c29-22(16-6-2-1-3-7-16)18-8-4-5-9-19(18)24(31)28-12-10-20-21(14-28)33-25(26-20)27-23(30)17-11-13-32-15-17/h1-9,11,13,15H,10,12,14H2,(H,26,27,30). The molecule has 0 saturated heterocycles. The van der Waals surface area contributed by atoms with Crippen molar-refractivity contribution in [3.63, 3.8) is 0 Å². The van der Waals surface area contributed by atoms with Crippen molar-refractivity contribution in [2.45, 2.75) is 13.0 Å². The molecule has 0 fully saturated rings. The predicted molar refractivity (Wildman–Crippen MR) is 124 cm³/mol. The Morgan fingerprint density at radius 1 is 0.939 bits per heavy atom. The molecule has 0 aliphatic carbocycles. The number of anilines is 1. The number of aromatic nitrogens is 1. The normalized spacial score (nSPS) is 12.8. The molecule has 0 atom stereocenters. The molecule has 0 bridgehead atoms. The molecule has 3 heterocycles. The highest BCUT2D eigenvalue weighted by atomic mass is 32.1.